The summed E-state index contributed by atoms with van der Waals surface area (Å²) in [4.78, 5) is 10.2. The molecule has 0 spiro atoms. The van der Waals surface area contributed by atoms with E-state index in [1.165, 1.54) is 0 Å². The summed E-state index contributed by atoms with van der Waals surface area (Å²) >= 11 is 0. The maximum atomic E-state index is 10.2. The molecule has 0 aromatic rings. The van der Waals surface area contributed by atoms with Gasteiger partial charge in [-0.05, 0) is 47.3 Å². The van der Waals surface area contributed by atoms with Crippen LogP contribution in [-0.2, 0) is 13.0 Å². The second kappa shape index (κ2) is 5.56. The highest BCUT2D eigenvalue weighted by Gasteiger charge is 2.46. The fourth-order valence-electron chi connectivity index (χ4n) is 1.06. The average molecular weight is 252 g/mol. The molecule has 0 aromatic heterocycles. The van der Waals surface area contributed by atoms with Gasteiger partial charge in [-0.3, -0.25) is 0 Å². The zero-order chi connectivity index (χ0) is 12.3. The molecular formula is C9H24O4Si2. The van der Waals surface area contributed by atoms with Gasteiger partial charge in [-0.2, -0.15) is 0 Å². The van der Waals surface area contributed by atoms with Crippen LogP contribution in [0.25, 0.3) is 0 Å². The monoisotopic (exact) mass is 252 g/mol. The van der Waals surface area contributed by atoms with Crippen molar-refractivity contribution in [3.8, 4) is 0 Å². The number of hydrogen-bond acceptors (Lipinski definition) is 4. The molecule has 0 aliphatic rings. The Morgan fingerprint density at radius 1 is 0.867 bits per heavy atom. The van der Waals surface area contributed by atoms with Crippen LogP contribution in [0.3, 0.4) is 0 Å². The Bertz CT molecular complexity index is 179. The Kier molecular flexibility index (Phi) is 5.66. The number of hydrogen-bond donors (Lipinski definition) is 1. The Morgan fingerprint density at radius 2 is 1.20 bits per heavy atom. The first-order valence-electron chi connectivity index (χ1n) is 5.32. The molecule has 92 valence electrons. The van der Waals surface area contributed by atoms with Gasteiger partial charge in [0.05, 0.1) is 0 Å². The van der Waals surface area contributed by atoms with Gasteiger partial charge in [0.15, 0.2) is 8.32 Å². The van der Waals surface area contributed by atoms with E-state index in [4.69, 9.17) is 13.0 Å². The molecule has 0 atom stereocenters. The third-order valence-electron chi connectivity index (χ3n) is 1.20. The topological polar surface area (TPSA) is 47.9 Å². The highest BCUT2D eigenvalue weighted by molar-refractivity contribution is 6.77. The quantitative estimate of drug-likeness (QED) is 0.736. The van der Waals surface area contributed by atoms with Gasteiger partial charge < -0.3 is 17.8 Å². The van der Waals surface area contributed by atoms with Crippen molar-refractivity contribution in [1.29, 1.82) is 0 Å². The van der Waals surface area contributed by atoms with E-state index in [1.807, 2.05) is 47.3 Å². The van der Waals surface area contributed by atoms with Crippen LogP contribution in [-0.4, -0.2) is 34.4 Å². The van der Waals surface area contributed by atoms with Gasteiger partial charge in [-0.15, -0.1) is 0 Å². The Morgan fingerprint density at radius 3 is 1.40 bits per heavy atom. The first kappa shape index (κ1) is 15.3. The molecule has 0 bridgehead atoms. The van der Waals surface area contributed by atoms with Crippen LogP contribution in [0.2, 0.25) is 19.6 Å². The average Bonchev–Trinajstić information content (AvgIpc) is 1.73. The first-order valence-corrected chi connectivity index (χ1v) is 10.4. The minimum atomic E-state index is -3.45. The maximum absolute atomic E-state index is 10.2. The molecule has 0 fully saturated rings. The second-order valence-corrected chi connectivity index (χ2v) is 11.6. The van der Waals surface area contributed by atoms with Crippen molar-refractivity contribution in [2.75, 3.05) is 0 Å². The van der Waals surface area contributed by atoms with Crippen LogP contribution in [0.4, 0.5) is 0 Å². The summed E-state index contributed by atoms with van der Waals surface area (Å²) in [6, 6.07) is 0. The minimum absolute atomic E-state index is 0.100. The maximum Gasteiger partial charge on any atom is 0.666 e. The first-order chi connectivity index (χ1) is 6.54. The van der Waals surface area contributed by atoms with E-state index >= 15 is 0 Å². The van der Waals surface area contributed by atoms with Crippen LogP contribution in [0.1, 0.15) is 27.7 Å². The molecule has 0 unspecified atom stereocenters. The van der Waals surface area contributed by atoms with Gasteiger partial charge in [-0.1, -0.05) is 0 Å². The standard InChI is InChI=1S/C9H24O4Si2/c1-8(2)11-15(10,12-9(3)4)13-14(5,6)7/h8-10H,1-7H3. The Balaban J connectivity index is 4.54. The molecule has 0 radical (unpaired) electrons. The van der Waals surface area contributed by atoms with E-state index in [2.05, 4.69) is 0 Å². The van der Waals surface area contributed by atoms with E-state index in [0.29, 0.717) is 0 Å². The molecular weight excluding hydrogens is 228 g/mol. The van der Waals surface area contributed by atoms with Gasteiger partial charge in [0.25, 0.3) is 0 Å². The summed E-state index contributed by atoms with van der Waals surface area (Å²) < 4.78 is 16.5. The lowest BCUT2D eigenvalue weighted by molar-refractivity contribution is -0.00880. The van der Waals surface area contributed by atoms with E-state index in [-0.39, 0.29) is 12.2 Å². The van der Waals surface area contributed by atoms with E-state index in [0.717, 1.165) is 0 Å². The Hall–Kier alpha value is 0.274. The molecule has 0 aliphatic carbocycles. The fraction of sp³-hybridized carbons (Fsp3) is 1.00. The van der Waals surface area contributed by atoms with Crippen molar-refractivity contribution < 1.29 is 17.8 Å². The lowest BCUT2D eigenvalue weighted by Crippen LogP contribution is -2.55. The van der Waals surface area contributed by atoms with Crippen LogP contribution >= 0.6 is 0 Å². The van der Waals surface area contributed by atoms with Crippen molar-refractivity contribution in [2.24, 2.45) is 0 Å². The SMILES string of the molecule is CC(C)O[Si](O)(OC(C)C)O[Si](C)(C)C. The van der Waals surface area contributed by atoms with Crippen LogP contribution in [0, 0.1) is 0 Å². The lowest BCUT2D eigenvalue weighted by Gasteiger charge is -2.32. The summed E-state index contributed by atoms with van der Waals surface area (Å²) in [5, 5.41) is 0. The zero-order valence-electron chi connectivity index (χ0n) is 10.8. The third kappa shape index (κ3) is 8.12. The van der Waals surface area contributed by atoms with Crippen LogP contribution < -0.4 is 0 Å². The largest absolute Gasteiger partial charge is 0.666 e. The summed E-state index contributed by atoms with van der Waals surface area (Å²) in [7, 11) is -5.31. The predicted octanol–water partition coefficient (Wildman–Crippen LogP) is 2.12. The van der Waals surface area contributed by atoms with Crippen molar-refractivity contribution in [1.82, 2.24) is 0 Å². The molecule has 0 aromatic carbocycles. The molecule has 4 nitrogen and oxygen atoms in total. The molecule has 0 saturated heterocycles. The second-order valence-electron chi connectivity index (χ2n) is 5.07. The van der Waals surface area contributed by atoms with Gasteiger partial charge in [0.1, 0.15) is 0 Å². The summed E-state index contributed by atoms with van der Waals surface area (Å²) in [5.41, 5.74) is 0. The molecule has 0 rings (SSSR count). The van der Waals surface area contributed by atoms with Crippen LogP contribution in [0.5, 0.6) is 0 Å². The van der Waals surface area contributed by atoms with E-state index < -0.39 is 17.4 Å². The van der Waals surface area contributed by atoms with Crippen molar-refractivity contribution in [3.05, 3.63) is 0 Å². The smallest absolute Gasteiger partial charge is 0.394 e. The summed E-state index contributed by atoms with van der Waals surface area (Å²) in [5.74, 6) is 0. The van der Waals surface area contributed by atoms with Crippen molar-refractivity contribution in [3.63, 3.8) is 0 Å². The van der Waals surface area contributed by atoms with Gasteiger partial charge >= 0.3 is 9.05 Å². The van der Waals surface area contributed by atoms with Crippen molar-refractivity contribution in [2.45, 2.75) is 59.5 Å². The van der Waals surface area contributed by atoms with E-state index in [1.54, 1.807) is 0 Å². The van der Waals surface area contributed by atoms with Gasteiger partial charge in [0, 0.05) is 12.2 Å². The molecule has 0 aliphatic heterocycles. The Labute approximate surface area is 95.2 Å². The normalized spacial score (nSPS) is 14.0. The van der Waals surface area contributed by atoms with Gasteiger partial charge in [-0.25, -0.2) is 0 Å². The molecule has 0 saturated carbocycles. The highest BCUT2D eigenvalue weighted by atomic mass is 28.5. The molecule has 0 amide bonds. The zero-order valence-corrected chi connectivity index (χ0v) is 12.8. The van der Waals surface area contributed by atoms with E-state index in [9.17, 15) is 4.80 Å². The lowest BCUT2D eigenvalue weighted by atomic mass is 10.5. The molecule has 15 heavy (non-hydrogen) atoms. The molecule has 1 N–H and O–H groups in total. The minimum Gasteiger partial charge on any atom is -0.394 e. The molecule has 6 heteroatoms. The van der Waals surface area contributed by atoms with Gasteiger partial charge in [0.2, 0.25) is 0 Å². The fourth-order valence-corrected chi connectivity index (χ4v) is 5.79. The highest BCUT2D eigenvalue weighted by Crippen LogP contribution is 2.17. The summed E-state index contributed by atoms with van der Waals surface area (Å²) in [6.07, 6.45) is -0.200. The third-order valence-corrected chi connectivity index (χ3v) is 6.22. The molecule has 0 heterocycles. The predicted molar refractivity (Wildman–Crippen MR) is 64.8 cm³/mol. The summed E-state index contributed by atoms with van der Waals surface area (Å²) in [6.45, 7) is 13.4. The number of rotatable bonds is 6. The van der Waals surface area contributed by atoms with Crippen molar-refractivity contribution >= 4 is 17.4 Å². The van der Waals surface area contributed by atoms with Crippen LogP contribution in [0.15, 0.2) is 0 Å².